The van der Waals surface area contributed by atoms with E-state index in [4.69, 9.17) is 9.97 Å². The molecule has 0 aromatic carbocycles. The first-order chi connectivity index (χ1) is 12.8. The Morgan fingerprint density at radius 2 is 1.85 bits per heavy atom. The lowest BCUT2D eigenvalue weighted by molar-refractivity contribution is -0.129. The van der Waals surface area contributed by atoms with Crippen LogP contribution in [0.3, 0.4) is 0 Å². The van der Waals surface area contributed by atoms with Crippen LogP contribution in [0.4, 0.5) is 5.82 Å². The standard InChI is InChI=1S/C20H31N5O/c26-18(25-13-3-4-14-25)9-12-22-20-16-7-10-21-11-8-17(16)23-19(24-20)15-5-1-2-6-15/h15,21H,1-14H2,(H,22,23,24). The lowest BCUT2D eigenvalue weighted by Gasteiger charge is -2.18. The number of amides is 1. The second-order valence-electron chi connectivity index (χ2n) is 7.85. The minimum Gasteiger partial charge on any atom is -0.369 e. The molecule has 0 spiro atoms. The molecule has 0 radical (unpaired) electrons. The van der Waals surface area contributed by atoms with E-state index in [1.807, 2.05) is 4.90 Å². The maximum absolute atomic E-state index is 12.3. The maximum Gasteiger partial charge on any atom is 0.224 e. The fraction of sp³-hybridized carbons (Fsp3) is 0.750. The van der Waals surface area contributed by atoms with E-state index in [1.54, 1.807) is 0 Å². The summed E-state index contributed by atoms with van der Waals surface area (Å²) in [6.45, 7) is 4.48. The van der Waals surface area contributed by atoms with Gasteiger partial charge in [0.2, 0.25) is 5.91 Å². The molecular formula is C20H31N5O. The topological polar surface area (TPSA) is 70.1 Å². The Bertz CT molecular complexity index is 635. The van der Waals surface area contributed by atoms with Crippen LogP contribution in [-0.2, 0) is 17.6 Å². The molecular weight excluding hydrogens is 326 g/mol. The maximum atomic E-state index is 12.3. The number of anilines is 1. The van der Waals surface area contributed by atoms with Crippen LogP contribution in [0.15, 0.2) is 0 Å². The highest BCUT2D eigenvalue weighted by molar-refractivity contribution is 5.77. The number of rotatable bonds is 5. The predicted octanol–water partition coefficient (Wildman–Crippen LogP) is 2.25. The van der Waals surface area contributed by atoms with E-state index in [1.165, 1.54) is 36.9 Å². The van der Waals surface area contributed by atoms with Crippen molar-refractivity contribution in [1.82, 2.24) is 20.2 Å². The van der Waals surface area contributed by atoms with Gasteiger partial charge in [-0.25, -0.2) is 9.97 Å². The Hall–Kier alpha value is -1.69. The summed E-state index contributed by atoms with van der Waals surface area (Å²) in [7, 11) is 0. The van der Waals surface area contributed by atoms with Crippen molar-refractivity contribution < 1.29 is 4.79 Å². The summed E-state index contributed by atoms with van der Waals surface area (Å²) in [6.07, 6.45) is 9.79. The average Bonchev–Trinajstić information content (AvgIpc) is 3.32. The number of carbonyl (C=O) groups excluding carboxylic acids is 1. The molecule has 1 amide bonds. The number of carbonyl (C=O) groups is 1. The van der Waals surface area contributed by atoms with E-state index in [9.17, 15) is 4.79 Å². The van der Waals surface area contributed by atoms with E-state index in [2.05, 4.69) is 10.6 Å². The molecule has 6 heteroatoms. The predicted molar refractivity (Wildman–Crippen MR) is 102 cm³/mol. The Kier molecular flexibility index (Phi) is 5.68. The number of aromatic nitrogens is 2. The molecule has 6 nitrogen and oxygen atoms in total. The molecule has 1 aliphatic carbocycles. The summed E-state index contributed by atoms with van der Waals surface area (Å²) in [6, 6.07) is 0. The van der Waals surface area contributed by atoms with Gasteiger partial charge in [-0.05, 0) is 38.6 Å². The summed E-state index contributed by atoms with van der Waals surface area (Å²) < 4.78 is 0. The largest absolute Gasteiger partial charge is 0.369 e. The molecule has 1 saturated heterocycles. The van der Waals surface area contributed by atoms with E-state index in [-0.39, 0.29) is 5.91 Å². The summed E-state index contributed by atoms with van der Waals surface area (Å²) >= 11 is 0. The molecule has 142 valence electrons. The van der Waals surface area contributed by atoms with Gasteiger partial charge in [0.1, 0.15) is 11.6 Å². The van der Waals surface area contributed by atoms with Crippen molar-refractivity contribution in [2.75, 3.05) is 38.0 Å². The molecule has 3 aliphatic rings. The van der Waals surface area contributed by atoms with Crippen LogP contribution in [0.2, 0.25) is 0 Å². The molecule has 1 saturated carbocycles. The van der Waals surface area contributed by atoms with Crippen LogP contribution in [-0.4, -0.2) is 53.5 Å². The fourth-order valence-corrected chi connectivity index (χ4v) is 4.49. The summed E-state index contributed by atoms with van der Waals surface area (Å²) in [5.74, 6) is 2.79. The van der Waals surface area contributed by atoms with Crippen molar-refractivity contribution in [1.29, 1.82) is 0 Å². The van der Waals surface area contributed by atoms with Gasteiger partial charge in [0.25, 0.3) is 0 Å². The van der Waals surface area contributed by atoms with Crippen molar-refractivity contribution in [3.63, 3.8) is 0 Å². The molecule has 2 aliphatic heterocycles. The van der Waals surface area contributed by atoms with Gasteiger partial charge in [0.15, 0.2) is 0 Å². The second-order valence-corrected chi connectivity index (χ2v) is 7.85. The van der Waals surface area contributed by atoms with Gasteiger partial charge < -0.3 is 15.5 Å². The van der Waals surface area contributed by atoms with Crippen LogP contribution >= 0.6 is 0 Å². The summed E-state index contributed by atoms with van der Waals surface area (Å²) in [4.78, 5) is 24.2. The van der Waals surface area contributed by atoms with Gasteiger partial charge in [-0.15, -0.1) is 0 Å². The molecule has 0 atom stereocenters. The molecule has 26 heavy (non-hydrogen) atoms. The number of nitrogens with one attached hydrogen (secondary N) is 2. The lowest BCUT2D eigenvalue weighted by Crippen LogP contribution is -2.29. The van der Waals surface area contributed by atoms with Crippen molar-refractivity contribution >= 4 is 11.7 Å². The number of nitrogens with zero attached hydrogens (tertiary/aromatic N) is 3. The average molecular weight is 358 g/mol. The quantitative estimate of drug-likeness (QED) is 0.846. The van der Waals surface area contributed by atoms with E-state index < -0.39 is 0 Å². The number of fused-ring (bicyclic) bond motifs is 1. The van der Waals surface area contributed by atoms with Crippen LogP contribution < -0.4 is 10.6 Å². The molecule has 1 aromatic heterocycles. The third-order valence-electron chi connectivity index (χ3n) is 6.01. The minimum absolute atomic E-state index is 0.271. The first-order valence-electron chi connectivity index (χ1n) is 10.4. The van der Waals surface area contributed by atoms with Crippen LogP contribution in [0.1, 0.15) is 67.9 Å². The van der Waals surface area contributed by atoms with Gasteiger partial charge in [-0.1, -0.05) is 12.8 Å². The Morgan fingerprint density at radius 1 is 1.08 bits per heavy atom. The monoisotopic (exact) mass is 357 g/mol. The highest BCUT2D eigenvalue weighted by Gasteiger charge is 2.24. The minimum atomic E-state index is 0.271. The number of hydrogen-bond acceptors (Lipinski definition) is 5. The van der Waals surface area contributed by atoms with Crippen molar-refractivity contribution in [2.45, 2.75) is 63.7 Å². The van der Waals surface area contributed by atoms with Gasteiger partial charge >= 0.3 is 0 Å². The fourth-order valence-electron chi connectivity index (χ4n) is 4.49. The zero-order valence-electron chi connectivity index (χ0n) is 15.7. The molecule has 1 aromatic rings. The summed E-state index contributed by atoms with van der Waals surface area (Å²) in [5.41, 5.74) is 2.46. The van der Waals surface area contributed by atoms with Gasteiger partial charge in [-0.2, -0.15) is 0 Å². The van der Waals surface area contributed by atoms with Gasteiger partial charge in [0, 0.05) is 50.5 Å². The number of hydrogen-bond donors (Lipinski definition) is 2. The highest BCUT2D eigenvalue weighted by atomic mass is 16.2. The highest BCUT2D eigenvalue weighted by Crippen LogP contribution is 2.34. The Balaban J connectivity index is 1.47. The van der Waals surface area contributed by atoms with Crippen LogP contribution in [0.5, 0.6) is 0 Å². The van der Waals surface area contributed by atoms with Crippen molar-refractivity contribution in [3.8, 4) is 0 Å². The normalized spacial score (nSPS) is 20.8. The second kappa shape index (κ2) is 8.33. The zero-order valence-corrected chi connectivity index (χ0v) is 15.7. The van der Waals surface area contributed by atoms with Gasteiger partial charge in [-0.3, -0.25) is 4.79 Å². The van der Waals surface area contributed by atoms with E-state index in [0.717, 1.165) is 63.5 Å². The Morgan fingerprint density at radius 3 is 2.65 bits per heavy atom. The molecule has 2 N–H and O–H groups in total. The lowest BCUT2D eigenvalue weighted by atomic mass is 10.0. The Labute approximate surface area is 156 Å². The summed E-state index contributed by atoms with van der Waals surface area (Å²) in [5, 5.41) is 6.96. The SMILES string of the molecule is O=C(CCNc1nc(C2CCCC2)nc2c1CCNCC2)N1CCCC1. The first-order valence-corrected chi connectivity index (χ1v) is 10.4. The van der Waals surface area contributed by atoms with Crippen molar-refractivity contribution in [2.24, 2.45) is 0 Å². The molecule has 0 unspecified atom stereocenters. The van der Waals surface area contributed by atoms with E-state index >= 15 is 0 Å². The molecule has 2 fully saturated rings. The first kappa shape index (κ1) is 17.7. The van der Waals surface area contributed by atoms with E-state index in [0.29, 0.717) is 18.9 Å². The molecule has 0 bridgehead atoms. The van der Waals surface area contributed by atoms with Crippen LogP contribution in [0, 0.1) is 0 Å². The van der Waals surface area contributed by atoms with Crippen LogP contribution in [0.25, 0.3) is 0 Å². The zero-order chi connectivity index (χ0) is 17.8. The molecule has 3 heterocycles. The number of likely N-dealkylation sites (tertiary alicyclic amines) is 1. The smallest absolute Gasteiger partial charge is 0.224 e. The molecule has 4 rings (SSSR count). The third kappa shape index (κ3) is 4.00. The van der Waals surface area contributed by atoms with Gasteiger partial charge in [0.05, 0.1) is 5.69 Å². The van der Waals surface area contributed by atoms with Crippen molar-refractivity contribution in [3.05, 3.63) is 17.1 Å². The third-order valence-corrected chi connectivity index (χ3v) is 6.01.